The van der Waals surface area contributed by atoms with E-state index in [0.29, 0.717) is 0 Å². The van der Waals surface area contributed by atoms with E-state index >= 15 is 0 Å². The number of rotatable bonds is 10. The van der Waals surface area contributed by atoms with Crippen molar-refractivity contribution in [3.63, 3.8) is 0 Å². The van der Waals surface area contributed by atoms with Crippen molar-refractivity contribution in [3.8, 4) is 11.5 Å². The Labute approximate surface area is 173 Å². The minimum atomic E-state index is 0.158. The van der Waals surface area contributed by atoms with E-state index in [4.69, 9.17) is 0 Å². The highest BCUT2D eigenvalue weighted by atomic mass is 16.3. The number of phenols is 2. The third-order valence-electron chi connectivity index (χ3n) is 5.46. The summed E-state index contributed by atoms with van der Waals surface area (Å²) in [6, 6.07) is 3.74. The van der Waals surface area contributed by atoms with Crippen molar-refractivity contribution in [2.45, 2.75) is 104 Å². The number of aromatic hydroxyl groups is 2. The van der Waals surface area contributed by atoms with Gasteiger partial charge in [0, 0.05) is 11.5 Å². The fourth-order valence-corrected chi connectivity index (χ4v) is 4.01. The average molecular weight is 387 g/mol. The molecule has 0 amide bonds. The molecule has 158 valence electrons. The Bertz CT molecular complexity index is 577. The standard InChI is InChI=1S/C23H36O2.C3H6/c1-3-4-5-6-7-8-9-10-13-19-16-21(24)23(22(25)17-19)20-14-11-12-18(2)15-20;1-3-2/h15-17,20,24-25H,3-14H2,1-2H3;3H,1H2,2H3. The summed E-state index contributed by atoms with van der Waals surface area (Å²) in [5.74, 6) is 0.696. The van der Waals surface area contributed by atoms with Gasteiger partial charge in [-0.15, -0.1) is 6.58 Å². The van der Waals surface area contributed by atoms with Gasteiger partial charge in [0.15, 0.2) is 0 Å². The number of benzene rings is 1. The smallest absolute Gasteiger partial charge is 0.123 e. The van der Waals surface area contributed by atoms with E-state index in [0.717, 1.165) is 43.2 Å². The second-order valence-corrected chi connectivity index (χ2v) is 8.19. The lowest BCUT2D eigenvalue weighted by Gasteiger charge is -2.22. The lowest BCUT2D eigenvalue weighted by molar-refractivity contribution is 0.427. The van der Waals surface area contributed by atoms with Gasteiger partial charge in [-0.05, 0) is 63.6 Å². The van der Waals surface area contributed by atoms with E-state index in [-0.39, 0.29) is 17.4 Å². The summed E-state index contributed by atoms with van der Waals surface area (Å²) in [7, 11) is 0. The highest BCUT2D eigenvalue weighted by Gasteiger charge is 2.21. The van der Waals surface area contributed by atoms with Crippen molar-refractivity contribution >= 4 is 0 Å². The summed E-state index contributed by atoms with van der Waals surface area (Å²) in [6.45, 7) is 9.64. The largest absolute Gasteiger partial charge is 0.507 e. The van der Waals surface area contributed by atoms with Crippen LogP contribution in [0.15, 0.2) is 36.4 Å². The maximum Gasteiger partial charge on any atom is 0.123 e. The molecule has 1 aliphatic carbocycles. The Morgan fingerprint density at radius 3 is 2.07 bits per heavy atom. The Hall–Kier alpha value is -1.70. The Morgan fingerprint density at radius 2 is 1.54 bits per heavy atom. The molecule has 0 aliphatic heterocycles. The molecular weight excluding hydrogens is 344 g/mol. The predicted octanol–water partition coefficient (Wildman–Crippen LogP) is 8.19. The zero-order valence-electron chi connectivity index (χ0n) is 18.5. The molecule has 1 unspecified atom stereocenters. The van der Waals surface area contributed by atoms with Crippen LogP contribution in [0.5, 0.6) is 11.5 Å². The van der Waals surface area contributed by atoms with Gasteiger partial charge in [-0.1, -0.05) is 69.6 Å². The maximum absolute atomic E-state index is 10.4. The number of hydrogen-bond donors (Lipinski definition) is 2. The molecule has 1 aliphatic rings. The van der Waals surface area contributed by atoms with E-state index in [9.17, 15) is 10.2 Å². The Morgan fingerprint density at radius 1 is 1.00 bits per heavy atom. The first-order valence-corrected chi connectivity index (χ1v) is 11.3. The molecule has 0 spiro atoms. The quantitative estimate of drug-likeness (QED) is 0.314. The van der Waals surface area contributed by atoms with Crippen molar-refractivity contribution in [2.75, 3.05) is 0 Å². The van der Waals surface area contributed by atoms with Crippen molar-refractivity contribution in [1.29, 1.82) is 0 Å². The molecule has 28 heavy (non-hydrogen) atoms. The molecule has 2 rings (SSSR count). The summed E-state index contributed by atoms with van der Waals surface area (Å²) in [4.78, 5) is 0. The molecule has 0 fully saturated rings. The summed E-state index contributed by atoms with van der Waals surface area (Å²) in [5, 5.41) is 20.9. The minimum absolute atomic E-state index is 0.158. The highest BCUT2D eigenvalue weighted by Crippen LogP contribution is 2.41. The van der Waals surface area contributed by atoms with Gasteiger partial charge in [-0.3, -0.25) is 0 Å². The number of unbranched alkanes of at least 4 members (excludes halogenated alkanes) is 7. The molecule has 1 atom stereocenters. The van der Waals surface area contributed by atoms with Crippen molar-refractivity contribution < 1.29 is 10.2 Å². The molecule has 2 N–H and O–H groups in total. The molecule has 2 nitrogen and oxygen atoms in total. The Balaban J connectivity index is 0.00000122. The molecule has 0 saturated heterocycles. The summed E-state index contributed by atoms with van der Waals surface area (Å²) >= 11 is 0. The van der Waals surface area contributed by atoms with Gasteiger partial charge in [0.25, 0.3) is 0 Å². The molecule has 0 saturated carbocycles. The van der Waals surface area contributed by atoms with Crippen LogP contribution < -0.4 is 0 Å². The summed E-state index contributed by atoms with van der Waals surface area (Å²) in [5.41, 5.74) is 3.14. The SMILES string of the molecule is C=CC.CCCCCCCCCCc1cc(O)c(C2C=C(C)CCC2)c(O)c1. The van der Waals surface area contributed by atoms with E-state index in [1.54, 1.807) is 6.08 Å². The van der Waals surface area contributed by atoms with Crippen molar-refractivity contribution in [1.82, 2.24) is 0 Å². The van der Waals surface area contributed by atoms with Gasteiger partial charge in [-0.25, -0.2) is 0 Å². The number of aryl methyl sites for hydroxylation is 1. The molecule has 0 heterocycles. The lowest BCUT2D eigenvalue weighted by Crippen LogP contribution is -2.03. The topological polar surface area (TPSA) is 40.5 Å². The van der Waals surface area contributed by atoms with E-state index < -0.39 is 0 Å². The van der Waals surface area contributed by atoms with Crippen LogP contribution in [-0.2, 0) is 6.42 Å². The molecule has 0 bridgehead atoms. The predicted molar refractivity (Wildman–Crippen MR) is 122 cm³/mol. The normalized spacial score (nSPS) is 16.1. The van der Waals surface area contributed by atoms with Gasteiger partial charge in [0.2, 0.25) is 0 Å². The van der Waals surface area contributed by atoms with Gasteiger partial charge in [0.05, 0.1) is 0 Å². The van der Waals surface area contributed by atoms with Gasteiger partial charge in [-0.2, -0.15) is 0 Å². The number of allylic oxidation sites excluding steroid dienone is 3. The zero-order valence-corrected chi connectivity index (χ0v) is 18.5. The first kappa shape index (κ1) is 24.3. The van der Waals surface area contributed by atoms with E-state index in [1.165, 1.54) is 50.5 Å². The zero-order chi connectivity index (χ0) is 20.8. The van der Waals surface area contributed by atoms with Crippen LogP contribution in [0.1, 0.15) is 108 Å². The molecule has 0 aromatic heterocycles. The molecule has 1 aromatic rings. The highest BCUT2D eigenvalue weighted by molar-refractivity contribution is 5.50. The van der Waals surface area contributed by atoms with Gasteiger partial charge >= 0.3 is 0 Å². The van der Waals surface area contributed by atoms with Crippen molar-refractivity contribution in [2.24, 2.45) is 0 Å². The van der Waals surface area contributed by atoms with E-state index in [1.807, 2.05) is 19.1 Å². The summed E-state index contributed by atoms with van der Waals surface area (Å²) < 4.78 is 0. The van der Waals surface area contributed by atoms with Crippen LogP contribution >= 0.6 is 0 Å². The first-order valence-electron chi connectivity index (χ1n) is 11.3. The summed E-state index contributed by atoms with van der Waals surface area (Å²) in [6.07, 6.45) is 18.6. The van der Waals surface area contributed by atoms with Crippen LogP contribution in [0.3, 0.4) is 0 Å². The fourth-order valence-electron chi connectivity index (χ4n) is 4.01. The van der Waals surface area contributed by atoms with Crippen LogP contribution in [0.4, 0.5) is 0 Å². The maximum atomic E-state index is 10.4. The van der Waals surface area contributed by atoms with Gasteiger partial charge < -0.3 is 10.2 Å². The Kier molecular flexibility index (Phi) is 12.4. The molecule has 2 heteroatoms. The van der Waals surface area contributed by atoms with Crippen LogP contribution in [0.2, 0.25) is 0 Å². The molecule has 1 aromatic carbocycles. The second-order valence-electron chi connectivity index (χ2n) is 8.19. The van der Waals surface area contributed by atoms with Crippen LogP contribution in [0, 0.1) is 0 Å². The second kappa shape index (κ2) is 14.3. The average Bonchev–Trinajstić information content (AvgIpc) is 2.64. The lowest BCUT2D eigenvalue weighted by atomic mass is 9.84. The van der Waals surface area contributed by atoms with Crippen LogP contribution in [-0.4, -0.2) is 10.2 Å². The van der Waals surface area contributed by atoms with Crippen molar-refractivity contribution in [3.05, 3.63) is 47.6 Å². The first-order chi connectivity index (χ1) is 13.5. The fraction of sp³-hybridized carbons (Fsp3) is 0.615. The monoisotopic (exact) mass is 386 g/mol. The molecular formula is C26H42O2. The number of hydrogen-bond acceptors (Lipinski definition) is 2. The third kappa shape index (κ3) is 8.99. The molecule has 0 radical (unpaired) electrons. The van der Waals surface area contributed by atoms with Crippen LogP contribution in [0.25, 0.3) is 0 Å². The van der Waals surface area contributed by atoms with E-state index in [2.05, 4.69) is 26.5 Å². The minimum Gasteiger partial charge on any atom is -0.507 e. The number of phenolic OH excluding ortho intramolecular Hbond substituents is 2. The third-order valence-corrected chi connectivity index (χ3v) is 5.46. The van der Waals surface area contributed by atoms with Gasteiger partial charge in [0.1, 0.15) is 11.5 Å².